The minimum atomic E-state index is -1.04. The number of amides is 1. The van der Waals surface area contributed by atoms with Crippen LogP contribution >= 0.6 is 11.3 Å². The van der Waals surface area contributed by atoms with E-state index in [-0.39, 0.29) is 22.6 Å². The molecule has 1 aromatic heterocycles. The minimum Gasteiger partial charge on any atom is -0.479 e. The van der Waals surface area contributed by atoms with Gasteiger partial charge in [-0.3, -0.25) is 4.79 Å². The number of carbonyl (C=O) groups is 2. The van der Waals surface area contributed by atoms with Crippen molar-refractivity contribution in [2.45, 2.75) is 45.8 Å². The van der Waals surface area contributed by atoms with Crippen LogP contribution in [0, 0.1) is 0 Å². The molecule has 0 aliphatic rings. The lowest BCUT2D eigenvalue weighted by Crippen LogP contribution is -2.42. The molecule has 1 amide bonds. The lowest BCUT2D eigenvalue weighted by atomic mass is 10.1. The predicted octanol–water partition coefficient (Wildman–Crippen LogP) is 2.52. The largest absolute Gasteiger partial charge is 0.479 e. The first-order chi connectivity index (χ1) is 8.99. The zero-order valence-electron chi connectivity index (χ0n) is 11.3. The highest BCUT2D eigenvalue weighted by atomic mass is 32.1. The Morgan fingerprint density at radius 1 is 1.42 bits per heavy atom. The number of hydrogen-bond acceptors (Lipinski definition) is 4. The summed E-state index contributed by atoms with van der Waals surface area (Å²) in [6.45, 7) is 5.61. The Hall–Kier alpha value is -1.56. The van der Waals surface area contributed by atoms with Crippen molar-refractivity contribution < 1.29 is 19.4 Å². The number of carbonyl (C=O) groups excluding carboxylic acids is 1. The standard InChI is InChI=1S/C13H19NO4S/c1-4-9(5-2)14-12(15)8(3)18-10-6-7-19-11(10)13(16)17/h6-9H,4-5H2,1-3H3,(H,14,15)(H,16,17). The third kappa shape index (κ3) is 4.24. The van der Waals surface area contributed by atoms with Gasteiger partial charge in [0.15, 0.2) is 11.0 Å². The average Bonchev–Trinajstić information content (AvgIpc) is 2.83. The molecule has 0 aromatic carbocycles. The van der Waals surface area contributed by atoms with Crippen molar-refractivity contribution in [3.8, 4) is 5.75 Å². The first-order valence-electron chi connectivity index (χ1n) is 6.27. The number of ether oxygens (including phenoxy) is 1. The van der Waals surface area contributed by atoms with Gasteiger partial charge in [-0.15, -0.1) is 11.3 Å². The molecule has 106 valence electrons. The summed E-state index contributed by atoms with van der Waals surface area (Å²) < 4.78 is 5.42. The fourth-order valence-corrected chi connectivity index (χ4v) is 2.26. The van der Waals surface area contributed by atoms with Crippen LogP contribution in [0.4, 0.5) is 0 Å². The van der Waals surface area contributed by atoms with Crippen molar-refractivity contribution in [3.63, 3.8) is 0 Å². The summed E-state index contributed by atoms with van der Waals surface area (Å²) in [5.74, 6) is -1.03. The van der Waals surface area contributed by atoms with Crippen molar-refractivity contribution in [2.75, 3.05) is 0 Å². The van der Waals surface area contributed by atoms with E-state index >= 15 is 0 Å². The van der Waals surface area contributed by atoms with Crippen molar-refractivity contribution in [2.24, 2.45) is 0 Å². The molecule has 5 nitrogen and oxygen atoms in total. The van der Waals surface area contributed by atoms with Gasteiger partial charge in [0.05, 0.1) is 0 Å². The summed E-state index contributed by atoms with van der Waals surface area (Å²) in [6.07, 6.45) is 0.995. The molecular formula is C13H19NO4S. The summed E-state index contributed by atoms with van der Waals surface area (Å²) in [7, 11) is 0. The molecule has 0 spiro atoms. The SMILES string of the molecule is CCC(CC)NC(=O)C(C)Oc1ccsc1C(=O)O. The maximum atomic E-state index is 11.9. The molecule has 1 rings (SSSR count). The quantitative estimate of drug-likeness (QED) is 0.807. The van der Waals surface area contributed by atoms with Crippen LogP contribution in [0.5, 0.6) is 5.75 Å². The molecule has 0 radical (unpaired) electrons. The molecular weight excluding hydrogens is 266 g/mol. The topological polar surface area (TPSA) is 75.6 Å². The van der Waals surface area contributed by atoms with E-state index in [0.717, 1.165) is 24.2 Å². The van der Waals surface area contributed by atoms with Crippen LogP contribution in [-0.2, 0) is 4.79 Å². The van der Waals surface area contributed by atoms with E-state index in [4.69, 9.17) is 9.84 Å². The number of hydrogen-bond donors (Lipinski definition) is 2. The second-order valence-electron chi connectivity index (χ2n) is 4.20. The van der Waals surface area contributed by atoms with Crippen LogP contribution in [0.15, 0.2) is 11.4 Å². The zero-order valence-corrected chi connectivity index (χ0v) is 12.1. The molecule has 0 bridgehead atoms. The first-order valence-corrected chi connectivity index (χ1v) is 7.15. The number of rotatable bonds is 7. The maximum Gasteiger partial charge on any atom is 0.349 e. The van der Waals surface area contributed by atoms with E-state index < -0.39 is 12.1 Å². The van der Waals surface area contributed by atoms with Gasteiger partial charge in [-0.1, -0.05) is 13.8 Å². The Morgan fingerprint density at radius 3 is 2.58 bits per heavy atom. The molecule has 0 saturated heterocycles. The van der Waals surface area contributed by atoms with Gasteiger partial charge >= 0.3 is 5.97 Å². The Bertz CT molecular complexity index is 440. The predicted molar refractivity (Wildman–Crippen MR) is 73.9 cm³/mol. The van der Waals surface area contributed by atoms with Crippen molar-refractivity contribution in [1.82, 2.24) is 5.32 Å². The zero-order chi connectivity index (χ0) is 14.4. The smallest absolute Gasteiger partial charge is 0.349 e. The van der Waals surface area contributed by atoms with Gasteiger partial charge in [-0.2, -0.15) is 0 Å². The molecule has 2 N–H and O–H groups in total. The molecule has 0 saturated carbocycles. The van der Waals surface area contributed by atoms with Crippen molar-refractivity contribution >= 4 is 23.2 Å². The average molecular weight is 285 g/mol. The summed E-state index contributed by atoms with van der Waals surface area (Å²) >= 11 is 1.08. The Kier molecular flexibility index (Phi) is 5.82. The van der Waals surface area contributed by atoms with Crippen LogP contribution in [0.3, 0.4) is 0 Å². The van der Waals surface area contributed by atoms with E-state index in [2.05, 4.69) is 5.32 Å². The maximum absolute atomic E-state index is 11.9. The summed E-state index contributed by atoms with van der Waals surface area (Å²) in [6, 6.07) is 1.69. The lowest BCUT2D eigenvalue weighted by molar-refractivity contribution is -0.128. The number of nitrogens with one attached hydrogen (secondary N) is 1. The van der Waals surface area contributed by atoms with Gasteiger partial charge in [0, 0.05) is 6.04 Å². The third-order valence-corrected chi connectivity index (χ3v) is 3.71. The number of carboxylic acid groups (broad SMARTS) is 1. The highest BCUT2D eigenvalue weighted by Crippen LogP contribution is 2.25. The molecule has 0 aliphatic heterocycles. The third-order valence-electron chi connectivity index (χ3n) is 2.83. The van der Waals surface area contributed by atoms with E-state index in [1.165, 1.54) is 0 Å². The van der Waals surface area contributed by atoms with Crippen LogP contribution in [0.2, 0.25) is 0 Å². The Labute approximate surface area is 116 Å². The fourth-order valence-electron chi connectivity index (χ4n) is 1.60. The first kappa shape index (κ1) is 15.5. The molecule has 1 heterocycles. The normalized spacial score (nSPS) is 12.2. The summed E-state index contributed by atoms with van der Waals surface area (Å²) in [4.78, 5) is 22.9. The van der Waals surface area contributed by atoms with Crippen molar-refractivity contribution in [1.29, 1.82) is 0 Å². The van der Waals surface area contributed by atoms with Crippen molar-refractivity contribution in [3.05, 3.63) is 16.3 Å². The van der Waals surface area contributed by atoms with Gasteiger partial charge in [-0.25, -0.2) is 4.79 Å². The van der Waals surface area contributed by atoms with Crippen LogP contribution in [-0.4, -0.2) is 29.1 Å². The van der Waals surface area contributed by atoms with Gasteiger partial charge in [0.25, 0.3) is 5.91 Å². The van der Waals surface area contributed by atoms with Crippen LogP contribution in [0.1, 0.15) is 43.3 Å². The second kappa shape index (κ2) is 7.13. The monoisotopic (exact) mass is 285 g/mol. The summed E-state index contributed by atoms with van der Waals surface area (Å²) in [5.41, 5.74) is 0. The molecule has 1 unspecified atom stereocenters. The van der Waals surface area contributed by atoms with E-state index in [1.54, 1.807) is 18.4 Å². The highest BCUT2D eigenvalue weighted by Gasteiger charge is 2.21. The second-order valence-corrected chi connectivity index (χ2v) is 5.12. The van der Waals surface area contributed by atoms with Gasteiger partial charge in [0.2, 0.25) is 0 Å². The number of carboxylic acids is 1. The molecule has 1 aromatic rings. The van der Waals surface area contributed by atoms with E-state index in [9.17, 15) is 9.59 Å². The van der Waals surface area contributed by atoms with Crippen LogP contribution in [0.25, 0.3) is 0 Å². The summed E-state index contributed by atoms with van der Waals surface area (Å²) in [5, 5.41) is 13.5. The molecule has 19 heavy (non-hydrogen) atoms. The Balaban J connectivity index is 2.63. The Morgan fingerprint density at radius 2 is 2.05 bits per heavy atom. The highest BCUT2D eigenvalue weighted by molar-refractivity contribution is 7.12. The lowest BCUT2D eigenvalue weighted by Gasteiger charge is -2.19. The molecule has 1 atom stereocenters. The van der Waals surface area contributed by atoms with Gasteiger partial charge in [0.1, 0.15) is 5.75 Å². The van der Waals surface area contributed by atoms with Crippen LogP contribution < -0.4 is 10.1 Å². The van der Waals surface area contributed by atoms with Gasteiger partial charge < -0.3 is 15.2 Å². The molecule has 0 aliphatic carbocycles. The van der Waals surface area contributed by atoms with Gasteiger partial charge in [-0.05, 0) is 31.2 Å². The molecule has 6 heteroatoms. The minimum absolute atomic E-state index is 0.113. The number of aromatic carboxylic acids is 1. The fraction of sp³-hybridized carbons (Fsp3) is 0.538. The van der Waals surface area contributed by atoms with E-state index in [1.807, 2.05) is 13.8 Å². The number of thiophene rings is 1. The van der Waals surface area contributed by atoms with E-state index in [0.29, 0.717) is 0 Å². The molecule has 0 fully saturated rings.